The fourth-order valence-electron chi connectivity index (χ4n) is 1.39. The number of hydrogen-bond acceptors (Lipinski definition) is 3. The van der Waals surface area contributed by atoms with Crippen molar-refractivity contribution >= 4 is 5.97 Å². The van der Waals surface area contributed by atoms with E-state index in [0.717, 1.165) is 12.8 Å². The SMILES string of the molecule is O=C(O)C(CCO)CNC1CCC1. The van der Waals surface area contributed by atoms with Crippen molar-refractivity contribution in [3.63, 3.8) is 0 Å². The van der Waals surface area contributed by atoms with Gasteiger partial charge in [-0.05, 0) is 19.3 Å². The summed E-state index contributed by atoms with van der Waals surface area (Å²) >= 11 is 0. The Morgan fingerprint density at radius 2 is 2.23 bits per heavy atom. The number of aliphatic hydroxyl groups excluding tert-OH is 1. The van der Waals surface area contributed by atoms with Crippen LogP contribution >= 0.6 is 0 Å². The summed E-state index contributed by atoms with van der Waals surface area (Å²) < 4.78 is 0. The highest BCUT2D eigenvalue weighted by atomic mass is 16.4. The maximum Gasteiger partial charge on any atom is 0.307 e. The Morgan fingerprint density at radius 1 is 1.54 bits per heavy atom. The number of hydrogen-bond donors (Lipinski definition) is 3. The van der Waals surface area contributed by atoms with Crippen molar-refractivity contribution in [1.82, 2.24) is 5.32 Å². The molecule has 1 aliphatic rings. The lowest BCUT2D eigenvalue weighted by Crippen LogP contribution is -2.40. The van der Waals surface area contributed by atoms with Gasteiger partial charge in [-0.2, -0.15) is 0 Å². The molecule has 0 heterocycles. The Balaban J connectivity index is 2.16. The lowest BCUT2D eigenvalue weighted by molar-refractivity contribution is -0.142. The molecule has 76 valence electrons. The van der Waals surface area contributed by atoms with Crippen LogP contribution in [0.3, 0.4) is 0 Å². The van der Waals surface area contributed by atoms with E-state index in [4.69, 9.17) is 10.2 Å². The predicted molar refractivity (Wildman–Crippen MR) is 48.5 cm³/mol. The molecule has 0 aromatic rings. The molecule has 0 aromatic heterocycles. The molecule has 1 rings (SSSR count). The highest BCUT2D eigenvalue weighted by Gasteiger charge is 2.21. The third-order valence-electron chi connectivity index (χ3n) is 2.58. The zero-order valence-corrected chi connectivity index (χ0v) is 7.70. The lowest BCUT2D eigenvalue weighted by Gasteiger charge is -2.27. The topological polar surface area (TPSA) is 69.6 Å². The van der Waals surface area contributed by atoms with Crippen molar-refractivity contribution < 1.29 is 15.0 Å². The molecule has 1 unspecified atom stereocenters. The molecule has 1 fully saturated rings. The zero-order valence-electron chi connectivity index (χ0n) is 7.70. The fraction of sp³-hybridized carbons (Fsp3) is 0.889. The van der Waals surface area contributed by atoms with Crippen molar-refractivity contribution in [2.45, 2.75) is 31.7 Å². The summed E-state index contributed by atoms with van der Waals surface area (Å²) in [7, 11) is 0. The first-order valence-corrected chi connectivity index (χ1v) is 4.81. The van der Waals surface area contributed by atoms with Gasteiger partial charge in [-0.1, -0.05) is 6.42 Å². The number of aliphatic carboxylic acids is 1. The Bertz CT molecular complexity index is 168. The van der Waals surface area contributed by atoms with Gasteiger partial charge in [0.15, 0.2) is 0 Å². The minimum absolute atomic E-state index is 0.0523. The van der Waals surface area contributed by atoms with Crippen LogP contribution in [-0.2, 0) is 4.79 Å². The molecule has 3 N–H and O–H groups in total. The molecule has 1 aliphatic carbocycles. The van der Waals surface area contributed by atoms with Crippen LogP contribution in [0.2, 0.25) is 0 Å². The van der Waals surface area contributed by atoms with Gasteiger partial charge in [0.1, 0.15) is 0 Å². The second kappa shape index (κ2) is 5.19. The zero-order chi connectivity index (χ0) is 9.68. The van der Waals surface area contributed by atoms with E-state index in [1.807, 2.05) is 0 Å². The van der Waals surface area contributed by atoms with E-state index >= 15 is 0 Å². The Morgan fingerprint density at radius 3 is 2.62 bits per heavy atom. The van der Waals surface area contributed by atoms with E-state index in [1.54, 1.807) is 0 Å². The van der Waals surface area contributed by atoms with E-state index in [1.165, 1.54) is 6.42 Å². The van der Waals surface area contributed by atoms with Gasteiger partial charge in [-0.25, -0.2) is 0 Å². The van der Waals surface area contributed by atoms with Crippen LogP contribution in [-0.4, -0.2) is 35.4 Å². The molecule has 0 radical (unpaired) electrons. The predicted octanol–water partition coefficient (Wildman–Crippen LogP) is 0.212. The minimum atomic E-state index is -0.819. The second-order valence-electron chi connectivity index (χ2n) is 3.58. The smallest absolute Gasteiger partial charge is 0.307 e. The standard InChI is InChI=1S/C9H17NO3/c11-5-4-7(9(12)13)6-10-8-2-1-3-8/h7-8,10-11H,1-6H2,(H,12,13). The van der Waals surface area contributed by atoms with Gasteiger partial charge >= 0.3 is 5.97 Å². The van der Waals surface area contributed by atoms with Crippen molar-refractivity contribution in [2.75, 3.05) is 13.2 Å². The summed E-state index contributed by atoms with van der Waals surface area (Å²) in [5.74, 6) is -1.26. The van der Waals surface area contributed by atoms with Crippen LogP contribution in [0.1, 0.15) is 25.7 Å². The second-order valence-corrected chi connectivity index (χ2v) is 3.58. The van der Waals surface area contributed by atoms with Gasteiger partial charge < -0.3 is 15.5 Å². The molecule has 4 nitrogen and oxygen atoms in total. The molecule has 0 saturated heterocycles. The van der Waals surface area contributed by atoms with Gasteiger partial charge in [0.05, 0.1) is 5.92 Å². The van der Waals surface area contributed by atoms with Crippen LogP contribution in [0, 0.1) is 5.92 Å². The van der Waals surface area contributed by atoms with Crippen molar-refractivity contribution in [3.8, 4) is 0 Å². The van der Waals surface area contributed by atoms with E-state index in [-0.39, 0.29) is 6.61 Å². The number of aliphatic hydroxyl groups is 1. The average molecular weight is 187 g/mol. The number of carboxylic acids is 1. The van der Waals surface area contributed by atoms with E-state index in [2.05, 4.69) is 5.32 Å². The quantitative estimate of drug-likeness (QED) is 0.556. The van der Waals surface area contributed by atoms with E-state index < -0.39 is 11.9 Å². The van der Waals surface area contributed by atoms with Crippen LogP contribution in [0.4, 0.5) is 0 Å². The lowest BCUT2D eigenvalue weighted by atomic mass is 9.92. The van der Waals surface area contributed by atoms with Crippen LogP contribution in [0.15, 0.2) is 0 Å². The largest absolute Gasteiger partial charge is 0.481 e. The van der Waals surface area contributed by atoms with Gasteiger partial charge in [0.25, 0.3) is 0 Å². The highest BCUT2D eigenvalue weighted by Crippen LogP contribution is 2.18. The summed E-state index contributed by atoms with van der Waals surface area (Å²) in [6.07, 6.45) is 3.90. The monoisotopic (exact) mass is 187 g/mol. The molecule has 1 saturated carbocycles. The molecule has 0 amide bonds. The van der Waals surface area contributed by atoms with Crippen LogP contribution in [0.25, 0.3) is 0 Å². The Hall–Kier alpha value is -0.610. The van der Waals surface area contributed by atoms with E-state index in [9.17, 15) is 4.79 Å². The third kappa shape index (κ3) is 3.32. The molecular weight excluding hydrogens is 170 g/mol. The van der Waals surface area contributed by atoms with Crippen LogP contribution in [0.5, 0.6) is 0 Å². The summed E-state index contributed by atoms with van der Waals surface area (Å²) in [6.45, 7) is 0.434. The van der Waals surface area contributed by atoms with Crippen LogP contribution < -0.4 is 5.32 Å². The summed E-state index contributed by atoms with van der Waals surface area (Å²) in [6, 6.07) is 0.514. The summed E-state index contributed by atoms with van der Waals surface area (Å²) in [5, 5.41) is 20.6. The molecule has 13 heavy (non-hydrogen) atoms. The first kappa shape index (κ1) is 10.5. The highest BCUT2D eigenvalue weighted by molar-refractivity contribution is 5.70. The summed E-state index contributed by atoms with van der Waals surface area (Å²) in [4.78, 5) is 10.7. The van der Waals surface area contributed by atoms with Crippen molar-refractivity contribution in [1.29, 1.82) is 0 Å². The number of carboxylic acid groups (broad SMARTS) is 1. The molecule has 0 aromatic carbocycles. The molecule has 0 bridgehead atoms. The first-order valence-electron chi connectivity index (χ1n) is 4.81. The number of nitrogens with one attached hydrogen (secondary N) is 1. The fourth-order valence-corrected chi connectivity index (χ4v) is 1.39. The van der Waals surface area contributed by atoms with Gasteiger partial charge in [0.2, 0.25) is 0 Å². The third-order valence-corrected chi connectivity index (χ3v) is 2.58. The maximum absolute atomic E-state index is 10.7. The van der Waals surface area contributed by atoms with Gasteiger partial charge in [-0.15, -0.1) is 0 Å². The van der Waals surface area contributed by atoms with E-state index in [0.29, 0.717) is 19.0 Å². The molecule has 0 aliphatic heterocycles. The minimum Gasteiger partial charge on any atom is -0.481 e. The molecule has 1 atom stereocenters. The number of carbonyl (C=O) groups is 1. The Labute approximate surface area is 78.0 Å². The first-order chi connectivity index (χ1) is 6.24. The molecular formula is C9H17NO3. The average Bonchev–Trinajstić information content (AvgIpc) is 1.99. The van der Waals surface area contributed by atoms with Gasteiger partial charge in [0, 0.05) is 19.2 Å². The summed E-state index contributed by atoms with van der Waals surface area (Å²) in [5.41, 5.74) is 0. The number of rotatable bonds is 6. The normalized spacial score (nSPS) is 19.5. The van der Waals surface area contributed by atoms with Gasteiger partial charge in [-0.3, -0.25) is 4.79 Å². The Kier molecular flexibility index (Phi) is 4.18. The molecule has 0 spiro atoms. The van der Waals surface area contributed by atoms with Crippen molar-refractivity contribution in [2.24, 2.45) is 5.92 Å². The van der Waals surface area contributed by atoms with Crippen molar-refractivity contribution in [3.05, 3.63) is 0 Å². The maximum atomic E-state index is 10.7. The molecule has 4 heteroatoms.